The lowest BCUT2D eigenvalue weighted by atomic mass is 10.0. The molecule has 0 amide bonds. The zero-order valence-corrected chi connectivity index (χ0v) is 15.9. The highest BCUT2D eigenvalue weighted by molar-refractivity contribution is 7.84. The van der Waals surface area contributed by atoms with Gasteiger partial charge in [-0.3, -0.25) is 14.0 Å². The Labute approximate surface area is 149 Å². The van der Waals surface area contributed by atoms with Crippen LogP contribution in [0.25, 0.3) is 11.0 Å². The molecule has 0 radical (unpaired) electrons. The Morgan fingerprint density at radius 1 is 1.12 bits per heavy atom. The maximum Gasteiger partial charge on any atom is 0.197 e. The summed E-state index contributed by atoms with van der Waals surface area (Å²) in [6.45, 7) is 9.49. The fraction of sp³-hybridized carbons (Fsp3) is 0.316. The fourth-order valence-corrected chi connectivity index (χ4v) is 3.95. The number of aryl methyl sites for hydroxylation is 2. The molecule has 0 aliphatic carbocycles. The Hall–Kier alpha value is -2.34. The van der Waals surface area contributed by atoms with Crippen molar-refractivity contribution in [1.82, 2.24) is 15.0 Å². The number of aromatic nitrogens is 3. The molecule has 3 rings (SSSR count). The average Bonchev–Trinajstić information content (AvgIpc) is 2.97. The first-order valence-corrected chi connectivity index (χ1v) is 9.41. The van der Waals surface area contributed by atoms with Gasteiger partial charge in [0, 0.05) is 11.8 Å². The SMILES string of the molecule is CC(=O)c1cc2nc(S(=O)Cc3ncc(C)c(C)c3C)[nH]c2cc1C. The number of ketones is 1. The number of pyridine rings is 1. The number of H-pyrrole nitrogens is 1. The molecule has 0 saturated carbocycles. The summed E-state index contributed by atoms with van der Waals surface area (Å²) in [4.78, 5) is 23.7. The normalized spacial score (nSPS) is 12.5. The summed E-state index contributed by atoms with van der Waals surface area (Å²) in [7, 11) is -1.33. The lowest BCUT2D eigenvalue weighted by Gasteiger charge is -2.09. The summed E-state index contributed by atoms with van der Waals surface area (Å²) in [5, 5.41) is 0.412. The van der Waals surface area contributed by atoms with Crippen molar-refractivity contribution >= 4 is 27.6 Å². The minimum atomic E-state index is -1.33. The molecule has 3 aromatic rings. The molecule has 5 nitrogen and oxygen atoms in total. The average molecular weight is 355 g/mol. The third-order valence-electron chi connectivity index (χ3n) is 4.67. The van der Waals surface area contributed by atoms with Gasteiger partial charge in [0.15, 0.2) is 10.9 Å². The molecule has 2 heterocycles. The van der Waals surface area contributed by atoms with Crippen LogP contribution < -0.4 is 0 Å². The van der Waals surface area contributed by atoms with E-state index >= 15 is 0 Å². The maximum absolute atomic E-state index is 12.7. The van der Waals surface area contributed by atoms with Gasteiger partial charge in [0.1, 0.15) is 0 Å². The predicted molar refractivity (Wildman–Crippen MR) is 99.4 cm³/mol. The molecule has 1 unspecified atom stereocenters. The molecule has 1 atom stereocenters. The zero-order valence-electron chi connectivity index (χ0n) is 15.1. The number of rotatable bonds is 4. The maximum atomic E-state index is 12.7. The van der Waals surface area contributed by atoms with Crippen LogP contribution >= 0.6 is 0 Å². The predicted octanol–water partition coefficient (Wildman–Crippen LogP) is 3.70. The van der Waals surface area contributed by atoms with Crippen molar-refractivity contribution in [3.05, 3.63) is 51.8 Å². The number of carbonyl (C=O) groups excluding carboxylic acids is 1. The molecule has 130 valence electrons. The molecule has 25 heavy (non-hydrogen) atoms. The number of fused-ring (bicyclic) bond motifs is 1. The molecule has 0 spiro atoms. The van der Waals surface area contributed by atoms with E-state index in [1.165, 1.54) is 12.5 Å². The first-order valence-electron chi connectivity index (χ1n) is 8.09. The first kappa shape index (κ1) is 17.5. The lowest BCUT2D eigenvalue weighted by Crippen LogP contribution is -2.04. The number of nitrogens with zero attached hydrogens (tertiary/aromatic N) is 2. The summed E-state index contributed by atoms with van der Waals surface area (Å²) >= 11 is 0. The quantitative estimate of drug-likeness (QED) is 0.724. The van der Waals surface area contributed by atoms with Gasteiger partial charge in [-0.25, -0.2) is 4.98 Å². The van der Waals surface area contributed by atoms with E-state index in [2.05, 4.69) is 15.0 Å². The first-order chi connectivity index (χ1) is 11.8. The van der Waals surface area contributed by atoms with Crippen LogP contribution in [0.3, 0.4) is 0 Å². The molecule has 0 bridgehead atoms. The van der Waals surface area contributed by atoms with Crippen molar-refractivity contribution in [1.29, 1.82) is 0 Å². The van der Waals surface area contributed by atoms with E-state index in [0.717, 1.165) is 27.9 Å². The largest absolute Gasteiger partial charge is 0.331 e. The Balaban J connectivity index is 1.95. The highest BCUT2D eigenvalue weighted by Crippen LogP contribution is 2.22. The molecule has 0 fully saturated rings. The van der Waals surface area contributed by atoms with Gasteiger partial charge in [-0.15, -0.1) is 0 Å². The summed E-state index contributed by atoms with van der Waals surface area (Å²) in [6.07, 6.45) is 1.82. The van der Waals surface area contributed by atoms with Crippen LogP contribution in [0, 0.1) is 27.7 Å². The number of carbonyl (C=O) groups is 1. The van der Waals surface area contributed by atoms with Crippen LogP contribution in [-0.4, -0.2) is 24.9 Å². The van der Waals surface area contributed by atoms with Crippen LogP contribution in [-0.2, 0) is 16.6 Å². The third kappa shape index (κ3) is 3.26. The number of benzene rings is 1. The van der Waals surface area contributed by atoms with E-state index < -0.39 is 10.8 Å². The van der Waals surface area contributed by atoms with Crippen molar-refractivity contribution in [2.45, 2.75) is 45.5 Å². The van der Waals surface area contributed by atoms with Gasteiger partial charge in [-0.2, -0.15) is 0 Å². The third-order valence-corrected chi connectivity index (χ3v) is 5.83. The molecular formula is C19H21N3O2S. The Kier molecular flexibility index (Phi) is 4.56. The van der Waals surface area contributed by atoms with Gasteiger partial charge in [0.05, 0.1) is 33.3 Å². The van der Waals surface area contributed by atoms with Gasteiger partial charge in [-0.05, 0) is 69.0 Å². The van der Waals surface area contributed by atoms with E-state index in [4.69, 9.17) is 0 Å². The number of nitrogens with one attached hydrogen (secondary N) is 1. The standard InChI is InChI=1S/C19H21N3O2S/c1-10-6-16-17(7-15(10)14(5)23)22-19(21-16)25(24)9-18-13(4)12(3)11(2)8-20-18/h6-8H,9H2,1-5H3,(H,21,22). The topological polar surface area (TPSA) is 75.7 Å². The molecular weight excluding hydrogens is 334 g/mol. The molecule has 1 N–H and O–H groups in total. The van der Waals surface area contributed by atoms with Crippen molar-refractivity contribution in [3.8, 4) is 0 Å². The van der Waals surface area contributed by atoms with Gasteiger partial charge < -0.3 is 4.98 Å². The van der Waals surface area contributed by atoms with Crippen molar-refractivity contribution in [3.63, 3.8) is 0 Å². The summed E-state index contributed by atoms with van der Waals surface area (Å²) in [5.74, 6) is 0.311. The Morgan fingerprint density at radius 2 is 1.84 bits per heavy atom. The van der Waals surface area contributed by atoms with E-state index in [0.29, 0.717) is 22.0 Å². The van der Waals surface area contributed by atoms with E-state index in [1.807, 2.05) is 40.0 Å². The van der Waals surface area contributed by atoms with Crippen LogP contribution in [0.1, 0.15) is 45.2 Å². The number of aromatic amines is 1. The number of hydrogen-bond acceptors (Lipinski definition) is 4. The second-order valence-corrected chi connectivity index (χ2v) is 7.78. The zero-order chi connectivity index (χ0) is 18.3. The lowest BCUT2D eigenvalue weighted by molar-refractivity contribution is 0.101. The number of imidazole rings is 1. The second kappa shape index (κ2) is 6.52. The molecule has 6 heteroatoms. The number of hydrogen-bond donors (Lipinski definition) is 1. The Morgan fingerprint density at radius 3 is 2.52 bits per heavy atom. The van der Waals surface area contributed by atoms with Gasteiger partial charge >= 0.3 is 0 Å². The Bertz CT molecular complexity index is 1020. The van der Waals surface area contributed by atoms with Crippen molar-refractivity contribution in [2.75, 3.05) is 0 Å². The van der Waals surface area contributed by atoms with Crippen LogP contribution in [0.15, 0.2) is 23.5 Å². The van der Waals surface area contributed by atoms with E-state index in [9.17, 15) is 9.00 Å². The van der Waals surface area contributed by atoms with E-state index in [-0.39, 0.29) is 5.78 Å². The van der Waals surface area contributed by atoms with Crippen molar-refractivity contribution in [2.24, 2.45) is 0 Å². The summed E-state index contributed by atoms with van der Waals surface area (Å²) in [5.41, 5.74) is 7.16. The fourth-order valence-electron chi connectivity index (χ4n) is 2.85. The van der Waals surface area contributed by atoms with Crippen LogP contribution in [0.5, 0.6) is 0 Å². The minimum Gasteiger partial charge on any atom is -0.331 e. The second-order valence-electron chi connectivity index (χ2n) is 6.41. The summed E-state index contributed by atoms with van der Waals surface area (Å²) < 4.78 is 12.7. The molecule has 0 saturated heterocycles. The summed E-state index contributed by atoms with van der Waals surface area (Å²) in [6, 6.07) is 3.63. The smallest absolute Gasteiger partial charge is 0.197 e. The highest BCUT2D eigenvalue weighted by atomic mass is 32.2. The molecule has 1 aromatic carbocycles. The monoisotopic (exact) mass is 355 g/mol. The van der Waals surface area contributed by atoms with E-state index in [1.54, 1.807) is 6.07 Å². The molecule has 2 aromatic heterocycles. The van der Waals surface area contributed by atoms with Crippen molar-refractivity contribution < 1.29 is 9.00 Å². The minimum absolute atomic E-state index is 0.0000258. The van der Waals surface area contributed by atoms with Gasteiger partial charge in [-0.1, -0.05) is 0 Å². The van der Waals surface area contributed by atoms with Gasteiger partial charge in [0.25, 0.3) is 0 Å². The number of Topliss-reactive ketones (excluding diaryl/α,β-unsaturated/α-hetero) is 1. The molecule has 0 aliphatic heterocycles. The molecule has 0 aliphatic rings. The van der Waals surface area contributed by atoms with Crippen LogP contribution in [0.4, 0.5) is 0 Å². The van der Waals surface area contributed by atoms with Crippen LogP contribution in [0.2, 0.25) is 0 Å². The highest BCUT2D eigenvalue weighted by Gasteiger charge is 2.16. The van der Waals surface area contributed by atoms with Gasteiger partial charge in [0.2, 0.25) is 0 Å².